The molecule has 5 nitrogen and oxygen atoms in total. The number of carbonyl (C=O) groups is 1. The quantitative estimate of drug-likeness (QED) is 0.507. The normalized spacial score (nSPS) is 13.2. The average molecular weight is 285 g/mol. The van der Waals surface area contributed by atoms with Crippen molar-refractivity contribution in [1.29, 1.82) is 5.41 Å². The number of amidine groups is 1. The Morgan fingerprint density at radius 2 is 2.05 bits per heavy atom. The van der Waals surface area contributed by atoms with E-state index in [9.17, 15) is 4.79 Å². The van der Waals surface area contributed by atoms with Gasteiger partial charge in [0, 0.05) is 5.92 Å². The van der Waals surface area contributed by atoms with Crippen LogP contribution in [0.3, 0.4) is 0 Å². The first kappa shape index (κ1) is 15.3. The second-order valence-corrected chi connectivity index (χ2v) is 4.22. The van der Waals surface area contributed by atoms with E-state index in [0.717, 1.165) is 12.8 Å². The molecule has 0 saturated heterocycles. The summed E-state index contributed by atoms with van der Waals surface area (Å²) in [6.45, 7) is 0. The molecule has 0 radical (unpaired) electrons. The van der Waals surface area contributed by atoms with E-state index < -0.39 is 5.97 Å². The topological polar surface area (TPSA) is 71.4 Å². The molecular formula is C13H17ClN2O3. The van der Waals surface area contributed by atoms with Gasteiger partial charge in [-0.3, -0.25) is 5.41 Å². The summed E-state index contributed by atoms with van der Waals surface area (Å²) in [6, 6.07) is 4.97. The second kappa shape index (κ2) is 6.43. The molecule has 0 aliphatic heterocycles. The Morgan fingerprint density at radius 1 is 1.37 bits per heavy atom. The van der Waals surface area contributed by atoms with Crippen LogP contribution < -0.4 is 10.1 Å². The molecule has 1 fully saturated rings. The fourth-order valence-corrected chi connectivity index (χ4v) is 1.67. The number of rotatable bonds is 4. The number of nitrogens with one attached hydrogen (secondary N) is 2. The zero-order valence-electron chi connectivity index (χ0n) is 10.9. The van der Waals surface area contributed by atoms with E-state index in [-0.39, 0.29) is 12.4 Å². The Hall–Kier alpha value is -1.75. The first-order chi connectivity index (χ1) is 8.65. The molecule has 1 aliphatic carbocycles. The minimum absolute atomic E-state index is 0. The van der Waals surface area contributed by atoms with Crippen molar-refractivity contribution < 1.29 is 14.3 Å². The van der Waals surface area contributed by atoms with E-state index in [2.05, 4.69) is 10.1 Å². The van der Waals surface area contributed by atoms with Crippen molar-refractivity contribution >= 4 is 29.9 Å². The Labute approximate surface area is 118 Å². The predicted molar refractivity (Wildman–Crippen MR) is 75.7 cm³/mol. The van der Waals surface area contributed by atoms with Crippen LogP contribution in [-0.2, 0) is 4.74 Å². The molecule has 0 unspecified atom stereocenters. The summed E-state index contributed by atoms with van der Waals surface area (Å²) >= 11 is 0. The lowest BCUT2D eigenvalue weighted by molar-refractivity contribution is 0.0601. The van der Waals surface area contributed by atoms with Gasteiger partial charge in [-0.05, 0) is 31.0 Å². The van der Waals surface area contributed by atoms with Gasteiger partial charge in [0.05, 0.1) is 25.5 Å². The minimum Gasteiger partial charge on any atom is -0.495 e. The summed E-state index contributed by atoms with van der Waals surface area (Å²) in [5, 5.41) is 10.8. The summed E-state index contributed by atoms with van der Waals surface area (Å²) in [5.74, 6) is 0.985. The molecule has 0 amide bonds. The molecular weight excluding hydrogens is 268 g/mol. The Morgan fingerprint density at radius 3 is 2.58 bits per heavy atom. The van der Waals surface area contributed by atoms with Crippen LogP contribution >= 0.6 is 12.4 Å². The van der Waals surface area contributed by atoms with E-state index in [0.29, 0.717) is 28.8 Å². The van der Waals surface area contributed by atoms with Crippen molar-refractivity contribution in [2.75, 3.05) is 19.5 Å². The third-order valence-corrected chi connectivity index (χ3v) is 2.88. The van der Waals surface area contributed by atoms with Crippen molar-refractivity contribution in [1.82, 2.24) is 0 Å². The number of esters is 1. The highest BCUT2D eigenvalue weighted by Gasteiger charge is 2.27. The zero-order valence-corrected chi connectivity index (χ0v) is 11.7. The molecule has 1 aromatic carbocycles. The lowest BCUT2D eigenvalue weighted by atomic mass is 10.2. The Kier molecular flexibility index (Phi) is 5.18. The molecule has 1 aliphatic rings. The van der Waals surface area contributed by atoms with Crippen LogP contribution in [0.1, 0.15) is 23.2 Å². The molecule has 19 heavy (non-hydrogen) atoms. The van der Waals surface area contributed by atoms with Crippen LogP contribution in [0.4, 0.5) is 5.69 Å². The highest BCUT2D eigenvalue weighted by Crippen LogP contribution is 2.32. The van der Waals surface area contributed by atoms with Crippen molar-refractivity contribution in [3.8, 4) is 5.75 Å². The first-order valence-corrected chi connectivity index (χ1v) is 5.77. The molecule has 0 atom stereocenters. The van der Waals surface area contributed by atoms with Gasteiger partial charge in [0.2, 0.25) is 0 Å². The molecule has 2 N–H and O–H groups in total. The van der Waals surface area contributed by atoms with Crippen LogP contribution in [0, 0.1) is 11.3 Å². The van der Waals surface area contributed by atoms with Crippen LogP contribution in [0.5, 0.6) is 5.75 Å². The number of hydrogen-bond acceptors (Lipinski definition) is 4. The standard InChI is InChI=1S/C13H16N2O3.ClH/c1-17-11-6-5-9(13(16)18-2)7-10(11)15-12(14)8-3-4-8;/h5-8H,3-4H2,1-2H3,(H2,14,15);1H. The molecule has 104 valence electrons. The number of benzene rings is 1. The summed E-state index contributed by atoms with van der Waals surface area (Å²) in [4.78, 5) is 11.5. The third-order valence-electron chi connectivity index (χ3n) is 2.88. The number of halogens is 1. The molecule has 6 heteroatoms. The monoisotopic (exact) mass is 284 g/mol. The maximum absolute atomic E-state index is 11.5. The van der Waals surface area contributed by atoms with Crippen LogP contribution in [0.25, 0.3) is 0 Å². The average Bonchev–Trinajstić information content (AvgIpc) is 3.22. The van der Waals surface area contributed by atoms with Crippen LogP contribution in [-0.4, -0.2) is 26.0 Å². The third kappa shape index (κ3) is 3.61. The SMILES string of the molecule is COC(=O)c1ccc(OC)c(NC(=N)C2CC2)c1.Cl. The fraction of sp³-hybridized carbons (Fsp3) is 0.385. The highest BCUT2D eigenvalue weighted by molar-refractivity contribution is 5.99. The lowest BCUT2D eigenvalue weighted by Gasteiger charge is -2.12. The van der Waals surface area contributed by atoms with Crippen LogP contribution in [0.15, 0.2) is 18.2 Å². The van der Waals surface area contributed by atoms with Gasteiger partial charge < -0.3 is 14.8 Å². The van der Waals surface area contributed by atoms with E-state index in [1.54, 1.807) is 25.3 Å². The van der Waals surface area contributed by atoms with Gasteiger partial charge in [0.25, 0.3) is 0 Å². The number of carbonyl (C=O) groups excluding carboxylic acids is 1. The van der Waals surface area contributed by atoms with Gasteiger partial charge in [-0.25, -0.2) is 4.79 Å². The number of methoxy groups -OCH3 is 2. The molecule has 0 spiro atoms. The smallest absolute Gasteiger partial charge is 0.337 e. The minimum atomic E-state index is -0.404. The number of ether oxygens (including phenoxy) is 2. The molecule has 0 aromatic heterocycles. The van der Waals surface area contributed by atoms with E-state index in [4.69, 9.17) is 10.1 Å². The van der Waals surface area contributed by atoms with Gasteiger partial charge in [0.15, 0.2) is 0 Å². The number of hydrogen-bond donors (Lipinski definition) is 2. The van der Waals surface area contributed by atoms with Crippen LogP contribution in [0.2, 0.25) is 0 Å². The molecule has 0 bridgehead atoms. The van der Waals surface area contributed by atoms with Crippen molar-refractivity contribution in [3.63, 3.8) is 0 Å². The molecule has 1 aromatic rings. The highest BCUT2D eigenvalue weighted by atomic mass is 35.5. The van der Waals surface area contributed by atoms with Gasteiger partial charge in [-0.1, -0.05) is 0 Å². The largest absolute Gasteiger partial charge is 0.495 e. The summed E-state index contributed by atoms with van der Waals surface area (Å²) in [6.07, 6.45) is 2.09. The zero-order chi connectivity index (χ0) is 13.1. The van der Waals surface area contributed by atoms with Gasteiger partial charge in [0.1, 0.15) is 11.6 Å². The number of anilines is 1. The van der Waals surface area contributed by atoms with E-state index in [1.807, 2.05) is 0 Å². The van der Waals surface area contributed by atoms with Gasteiger partial charge in [-0.2, -0.15) is 0 Å². The van der Waals surface area contributed by atoms with Gasteiger partial charge >= 0.3 is 5.97 Å². The first-order valence-electron chi connectivity index (χ1n) is 5.77. The Bertz CT molecular complexity index is 487. The maximum atomic E-state index is 11.5. The second-order valence-electron chi connectivity index (χ2n) is 4.22. The van der Waals surface area contributed by atoms with Crippen molar-refractivity contribution in [2.24, 2.45) is 5.92 Å². The van der Waals surface area contributed by atoms with E-state index in [1.165, 1.54) is 7.11 Å². The molecule has 2 rings (SSSR count). The predicted octanol–water partition coefficient (Wildman–Crippen LogP) is 2.70. The molecule has 1 saturated carbocycles. The van der Waals surface area contributed by atoms with Crippen molar-refractivity contribution in [3.05, 3.63) is 23.8 Å². The summed E-state index contributed by atoms with van der Waals surface area (Å²) in [5.41, 5.74) is 1.06. The Balaban J connectivity index is 0.00000180. The maximum Gasteiger partial charge on any atom is 0.337 e. The summed E-state index contributed by atoms with van der Waals surface area (Å²) < 4.78 is 9.87. The van der Waals surface area contributed by atoms with Gasteiger partial charge in [-0.15, -0.1) is 12.4 Å². The van der Waals surface area contributed by atoms with E-state index >= 15 is 0 Å². The molecule has 0 heterocycles. The van der Waals surface area contributed by atoms with Crippen molar-refractivity contribution in [2.45, 2.75) is 12.8 Å². The summed E-state index contributed by atoms with van der Waals surface area (Å²) in [7, 11) is 2.89. The fourth-order valence-electron chi connectivity index (χ4n) is 1.67. The lowest BCUT2D eigenvalue weighted by Crippen LogP contribution is -2.14.